The first kappa shape index (κ1) is 16.0. The molecule has 0 saturated heterocycles. The van der Waals surface area contributed by atoms with E-state index in [1.165, 1.54) is 6.07 Å². The van der Waals surface area contributed by atoms with Crippen LogP contribution in [0, 0.1) is 19.8 Å². The first-order valence-electron chi connectivity index (χ1n) is 6.68. The Hall–Kier alpha value is -1.07. The molecule has 0 saturated carbocycles. The lowest BCUT2D eigenvalue weighted by atomic mass is 10.0. The molecule has 0 aliphatic carbocycles. The molecule has 1 rings (SSSR count). The maximum Gasteiger partial charge on any atom is 0.240 e. The van der Waals surface area contributed by atoms with E-state index in [9.17, 15) is 8.42 Å². The van der Waals surface area contributed by atoms with Crippen LogP contribution in [0.3, 0.4) is 0 Å². The summed E-state index contributed by atoms with van der Waals surface area (Å²) < 4.78 is 27.1. The maximum atomic E-state index is 12.2. The van der Waals surface area contributed by atoms with Crippen LogP contribution < -0.4 is 10.5 Å². The molecule has 4 nitrogen and oxygen atoms in total. The van der Waals surface area contributed by atoms with Crippen molar-refractivity contribution in [1.29, 1.82) is 0 Å². The molecule has 0 amide bonds. The zero-order chi connectivity index (χ0) is 14.6. The summed E-state index contributed by atoms with van der Waals surface area (Å²) in [6, 6.07) is 3.19. The van der Waals surface area contributed by atoms with Gasteiger partial charge in [0.15, 0.2) is 0 Å². The summed E-state index contributed by atoms with van der Waals surface area (Å²) in [6.07, 6.45) is 1.93. The van der Waals surface area contributed by atoms with E-state index in [2.05, 4.69) is 18.6 Å². The molecule has 108 valence electrons. The lowest BCUT2D eigenvalue weighted by Crippen LogP contribution is -2.29. The minimum Gasteiger partial charge on any atom is -0.398 e. The maximum absolute atomic E-state index is 12.2. The fraction of sp³-hybridized carbons (Fsp3) is 0.571. The van der Waals surface area contributed by atoms with Crippen molar-refractivity contribution in [2.24, 2.45) is 5.92 Å². The third kappa shape index (κ3) is 3.94. The van der Waals surface area contributed by atoms with E-state index < -0.39 is 10.0 Å². The molecule has 0 aliphatic heterocycles. The van der Waals surface area contributed by atoms with Gasteiger partial charge in [-0.15, -0.1) is 0 Å². The van der Waals surface area contributed by atoms with Crippen molar-refractivity contribution in [2.45, 2.75) is 45.4 Å². The van der Waals surface area contributed by atoms with Gasteiger partial charge in [0.05, 0.1) is 4.90 Å². The van der Waals surface area contributed by atoms with Gasteiger partial charge in [-0.3, -0.25) is 0 Å². The molecule has 0 aliphatic rings. The summed E-state index contributed by atoms with van der Waals surface area (Å²) in [5.74, 6) is 0.374. The molecule has 5 heteroatoms. The van der Waals surface area contributed by atoms with Gasteiger partial charge in [0.2, 0.25) is 10.0 Å². The number of anilines is 1. The van der Waals surface area contributed by atoms with E-state index in [1.807, 2.05) is 13.8 Å². The van der Waals surface area contributed by atoms with E-state index in [-0.39, 0.29) is 4.90 Å². The molecular formula is C14H24N2O2S. The molecule has 0 fully saturated rings. The first-order valence-corrected chi connectivity index (χ1v) is 8.16. The largest absolute Gasteiger partial charge is 0.398 e. The summed E-state index contributed by atoms with van der Waals surface area (Å²) in [7, 11) is -3.47. The van der Waals surface area contributed by atoms with Gasteiger partial charge in [-0.2, -0.15) is 0 Å². The summed E-state index contributed by atoms with van der Waals surface area (Å²) in [5, 5.41) is 0. The Morgan fingerprint density at radius 3 is 2.26 bits per heavy atom. The fourth-order valence-electron chi connectivity index (χ4n) is 1.90. The van der Waals surface area contributed by atoms with Crippen LogP contribution in [0.5, 0.6) is 0 Å². The number of benzene rings is 1. The van der Waals surface area contributed by atoms with Gasteiger partial charge in [0.25, 0.3) is 0 Å². The molecule has 1 aromatic rings. The van der Waals surface area contributed by atoms with Crippen LogP contribution in [0.15, 0.2) is 17.0 Å². The van der Waals surface area contributed by atoms with Crippen LogP contribution in [-0.4, -0.2) is 15.0 Å². The van der Waals surface area contributed by atoms with E-state index >= 15 is 0 Å². The molecule has 19 heavy (non-hydrogen) atoms. The zero-order valence-corrected chi connectivity index (χ0v) is 13.0. The third-order valence-electron chi connectivity index (χ3n) is 3.71. The number of hydrogen-bond donors (Lipinski definition) is 2. The average molecular weight is 284 g/mol. The van der Waals surface area contributed by atoms with Crippen LogP contribution in [0.25, 0.3) is 0 Å². The lowest BCUT2D eigenvalue weighted by Gasteiger charge is -2.15. The van der Waals surface area contributed by atoms with Crippen molar-refractivity contribution in [3.8, 4) is 0 Å². The second-order valence-electron chi connectivity index (χ2n) is 4.99. The van der Waals surface area contributed by atoms with E-state index in [1.54, 1.807) is 6.07 Å². The molecular weight excluding hydrogens is 260 g/mol. The fourth-order valence-corrected chi connectivity index (χ4v) is 3.13. The highest BCUT2D eigenvalue weighted by Crippen LogP contribution is 2.21. The Morgan fingerprint density at radius 1 is 1.21 bits per heavy atom. The Balaban J connectivity index is 2.95. The molecule has 3 N–H and O–H groups in total. The molecule has 0 bridgehead atoms. The van der Waals surface area contributed by atoms with Crippen LogP contribution in [0.2, 0.25) is 0 Å². The Labute approximate surface area is 116 Å². The van der Waals surface area contributed by atoms with E-state index in [4.69, 9.17) is 5.73 Å². The number of rotatable bonds is 6. The summed E-state index contributed by atoms with van der Waals surface area (Å²) in [4.78, 5) is 0.249. The van der Waals surface area contributed by atoms with Gasteiger partial charge in [-0.1, -0.05) is 26.7 Å². The predicted molar refractivity (Wildman–Crippen MR) is 79.6 cm³/mol. The topological polar surface area (TPSA) is 72.2 Å². The molecule has 0 atom stereocenters. The van der Waals surface area contributed by atoms with E-state index in [0.29, 0.717) is 18.2 Å². The number of nitrogens with one attached hydrogen (secondary N) is 1. The molecule has 0 aromatic heterocycles. The van der Waals surface area contributed by atoms with Gasteiger partial charge in [-0.25, -0.2) is 13.1 Å². The van der Waals surface area contributed by atoms with Gasteiger partial charge < -0.3 is 5.73 Å². The normalized spacial score (nSPS) is 12.1. The van der Waals surface area contributed by atoms with Crippen molar-refractivity contribution in [2.75, 3.05) is 12.3 Å². The summed E-state index contributed by atoms with van der Waals surface area (Å²) >= 11 is 0. The van der Waals surface area contributed by atoms with E-state index in [0.717, 1.165) is 24.0 Å². The number of nitrogens with two attached hydrogens (primary N) is 1. The second-order valence-corrected chi connectivity index (χ2v) is 6.76. The molecule has 1 aromatic carbocycles. The smallest absolute Gasteiger partial charge is 0.240 e. The average Bonchev–Trinajstić information content (AvgIpc) is 2.36. The van der Waals surface area contributed by atoms with Crippen molar-refractivity contribution in [3.05, 3.63) is 23.3 Å². The quantitative estimate of drug-likeness (QED) is 0.789. The molecule has 0 spiro atoms. The van der Waals surface area contributed by atoms with Gasteiger partial charge in [0, 0.05) is 12.2 Å². The Morgan fingerprint density at radius 2 is 1.79 bits per heavy atom. The molecule has 0 radical (unpaired) electrons. The second kappa shape index (κ2) is 6.39. The number of hydrogen-bond acceptors (Lipinski definition) is 3. The minimum absolute atomic E-state index is 0.249. The highest BCUT2D eigenvalue weighted by Gasteiger charge is 2.17. The Kier molecular flexibility index (Phi) is 5.38. The zero-order valence-electron chi connectivity index (χ0n) is 12.2. The monoisotopic (exact) mass is 284 g/mol. The van der Waals surface area contributed by atoms with Crippen molar-refractivity contribution in [3.63, 3.8) is 0 Å². The number of aryl methyl sites for hydroxylation is 1. The van der Waals surface area contributed by atoms with Crippen LogP contribution in [0.1, 0.15) is 37.8 Å². The highest BCUT2D eigenvalue weighted by molar-refractivity contribution is 7.89. The predicted octanol–water partition coefficient (Wildman–Crippen LogP) is 2.60. The van der Waals surface area contributed by atoms with Gasteiger partial charge in [0.1, 0.15) is 0 Å². The molecule has 0 unspecified atom stereocenters. The van der Waals surface area contributed by atoms with Gasteiger partial charge in [-0.05, 0) is 43.0 Å². The van der Waals surface area contributed by atoms with Crippen molar-refractivity contribution < 1.29 is 8.42 Å². The standard InChI is InChI=1S/C14H24N2O2S/c1-5-12(6-2)9-16-19(17,18)13-7-10(3)11(4)14(15)8-13/h7-8,12,16H,5-6,9,15H2,1-4H3. The van der Waals surface area contributed by atoms with Crippen LogP contribution in [-0.2, 0) is 10.0 Å². The van der Waals surface area contributed by atoms with Crippen LogP contribution in [0.4, 0.5) is 5.69 Å². The summed E-state index contributed by atoms with van der Waals surface area (Å²) in [5.41, 5.74) is 8.17. The SMILES string of the molecule is CCC(CC)CNS(=O)(=O)c1cc(C)c(C)c(N)c1. The third-order valence-corrected chi connectivity index (χ3v) is 5.11. The number of nitrogen functional groups attached to an aromatic ring is 1. The highest BCUT2D eigenvalue weighted by atomic mass is 32.2. The molecule has 0 heterocycles. The van der Waals surface area contributed by atoms with Crippen LogP contribution >= 0.6 is 0 Å². The lowest BCUT2D eigenvalue weighted by molar-refractivity contribution is 0.479. The minimum atomic E-state index is -3.47. The number of sulfonamides is 1. The summed E-state index contributed by atoms with van der Waals surface area (Å²) in [6.45, 7) is 8.36. The van der Waals surface area contributed by atoms with Crippen molar-refractivity contribution in [1.82, 2.24) is 4.72 Å². The Bertz CT molecular complexity index is 511. The van der Waals surface area contributed by atoms with Gasteiger partial charge >= 0.3 is 0 Å². The first-order chi connectivity index (χ1) is 8.81. The van der Waals surface area contributed by atoms with Crippen molar-refractivity contribution >= 4 is 15.7 Å².